The van der Waals surface area contributed by atoms with E-state index < -0.39 is 0 Å². The lowest BCUT2D eigenvalue weighted by Crippen LogP contribution is -1.82. The van der Waals surface area contributed by atoms with Crippen LogP contribution in [0.5, 0.6) is 0 Å². The van der Waals surface area contributed by atoms with Crippen molar-refractivity contribution >= 4 is 23.2 Å². The van der Waals surface area contributed by atoms with Crippen LogP contribution < -0.4 is 0 Å². The molecule has 0 bridgehead atoms. The molecule has 2 aromatic rings. The lowest BCUT2D eigenvalue weighted by molar-refractivity contribution is 1.33. The van der Waals surface area contributed by atoms with E-state index in [0.29, 0.717) is 10.2 Å². The molecule has 2 rings (SSSR count). The van der Waals surface area contributed by atoms with Crippen molar-refractivity contribution in [3.05, 3.63) is 52.6 Å². The average Bonchev–Trinajstić information content (AvgIpc) is 2.18. The van der Waals surface area contributed by atoms with Crippen LogP contribution >= 0.6 is 23.2 Å². The molecule has 0 spiro atoms. The van der Waals surface area contributed by atoms with Gasteiger partial charge >= 0.3 is 0 Å². The molecular weight excluding hydrogens is 217 g/mol. The predicted molar refractivity (Wildman–Crippen MR) is 59.7 cm³/mol. The van der Waals surface area contributed by atoms with E-state index in [0.717, 1.165) is 11.3 Å². The number of benzene rings is 1. The number of halogens is 2. The fourth-order valence-electron chi connectivity index (χ4n) is 1.22. The Labute approximate surface area is 92.3 Å². The first-order valence-corrected chi connectivity index (χ1v) is 4.90. The summed E-state index contributed by atoms with van der Waals surface area (Å²) in [5.74, 6) is 0. The fourth-order valence-corrected chi connectivity index (χ4v) is 1.57. The largest absolute Gasteiger partial charge is 0.236 e. The first-order valence-electron chi connectivity index (χ1n) is 4.14. The van der Waals surface area contributed by atoms with E-state index in [1.165, 1.54) is 0 Å². The summed E-state index contributed by atoms with van der Waals surface area (Å²) in [7, 11) is 0. The molecule has 3 heteroatoms. The molecule has 0 radical (unpaired) electrons. The number of rotatable bonds is 1. The van der Waals surface area contributed by atoms with Crippen molar-refractivity contribution in [3.63, 3.8) is 0 Å². The summed E-state index contributed by atoms with van der Waals surface area (Å²) in [6.45, 7) is 0. The maximum Gasteiger partial charge on any atom is 0.129 e. The van der Waals surface area contributed by atoms with Crippen molar-refractivity contribution in [3.8, 4) is 11.3 Å². The van der Waals surface area contributed by atoms with Gasteiger partial charge in [-0.3, -0.25) is 0 Å². The van der Waals surface area contributed by atoms with Gasteiger partial charge in [-0.25, -0.2) is 4.98 Å². The predicted octanol–water partition coefficient (Wildman–Crippen LogP) is 4.06. The molecule has 1 aromatic heterocycles. The zero-order chi connectivity index (χ0) is 9.97. The van der Waals surface area contributed by atoms with Gasteiger partial charge in [0, 0.05) is 10.6 Å². The fraction of sp³-hybridized carbons (Fsp3) is 0. The minimum absolute atomic E-state index is 0.488. The van der Waals surface area contributed by atoms with Gasteiger partial charge < -0.3 is 0 Å². The van der Waals surface area contributed by atoms with E-state index in [2.05, 4.69) is 4.98 Å². The van der Waals surface area contributed by atoms with Crippen LogP contribution in [0, 0.1) is 0 Å². The zero-order valence-corrected chi connectivity index (χ0v) is 8.76. The summed E-state index contributed by atoms with van der Waals surface area (Å²) in [6, 6.07) is 13.0. The molecule has 1 nitrogen and oxygen atoms in total. The van der Waals surface area contributed by atoms with Crippen molar-refractivity contribution in [1.29, 1.82) is 0 Å². The van der Waals surface area contributed by atoms with Crippen molar-refractivity contribution in [2.24, 2.45) is 0 Å². The molecule has 0 saturated carbocycles. The number of nitrogens with zero attached hydrogens (tertiary/aromatic N) is 1. The Hall–Kier alpha value is -1.05. The van der Waals surface area contributed by atoms with Gasteiger partial charge in [0.05, 0.1) is 5.69 Å². The van der Waals surface area contributed by atoms with Gasteiger partial charge in [-0.1, -0.05) is 41.4 Å². The second-order valence-electron chi connectivity index (χ2n) is 2.86. The first kappa shape index (κ1) is 9.50. The molecule has 0 unspecified atom stereocenters. The molecule has 1 aromatic carbocycles. The molecule has 0 atom stereocenters. The molecule has 0 fully saturated rings. The quantitative estimate of drug-likeness (QED) is 0.665. The third-order valence-electron chi connectivity index (χ3n) is 1.84. The smallest absolute Gasteiger partial charge is 0.129 e. The van der Waals surface area contributed by atoms with E-state index in [1.54, 1.807) is 6.07 Å². The van der Waals surface area contributed by atoms with Gasteiger partial charge in [0.1, 0.15) is 5.15 Å². The third kappa shape index (κ3) is 2.06. The molecular formula is C11H7Cl2N. The monoisotopic (exact) mass is 223 g/mol. The van der Waals surface area contributed by atoms with E-state index in [4.69, 9.17) is 23.2 Å². The van der Waals surface area contributed by atoms with E-state index in [9.17, 15) is 0 Å². The maximum atomic E-state index is 5.87. The molecule has 14 heavy (non-hydrogen) atoms. The second kappa shape index (κ2) is 3.99. The van der Waals surface area contributed by atoms with Crippen LogP contribution in [0.2, 0.25) is 10.2 Å². The van der Waals surface area contributed by atoms with Gasteiger partial charge in [-0.05, 0) is 24.3 Å². The molecule has 0 N–H and O–H groups in total. The van der Waals surface area contributed by atoms with Crippen LogP contribution in [0.3, 0.4) is 0 Å². The third-order valence-corrected chi connectivity index (χ3v) is 2.28. The van der Waals surface area contributed by atoms with Gasteiger partial charge in [-0.15, -0.1) is 0 Å². The van der Waals surface area contributed by atoms with Crippen LogP contribution in [0.25, 0.3) is 11.3 Å². The Kier molecular flexibility index (Phi) is 2.71. The molecule has 0 aliphatic carbocycles. The molecule has 0 amide bonds. The van der Waals surface area contributed by atoms with Crippen molar-refractivity contribution in [1.82, 2.24) is 4.98 Å². The Morgan fingerprint density at radius 3 is 2.43 bits per heavy atom. The van der Waals surface area contributed by atoms with Crippen LogP contribution in [-0.4, -0.2) is 4.98 Å². The molecule has 70 valence electrons. The Balaban J connectivity index is 2.49. The Morgan fingerprint density at radius 2 is 1.71 bits per heavy atom. The van der Waals surface area contributed by atoms with E-state index in [-0.39, 0.29) is 0 Å². The minimum atomic E-state index is 0.488. The van der Waals surface area contributed by atoms with Gasteiger partial charge in [0.2, 0.25) is 0 Å². The normalized spacial score (nSPS) is 10.1. The number of pyridine rings is 1. The molecule has 0 aliphatic rings. The summed E-state index contributed by atoms with van der Waals surface area (Å²) in [6.07, 6.45) is 0. The highest BCUT2D eigenvalue weighted by Gasteiger charge is 1.99. The summed E-state index contributed by atoms with van der Waals surface area (Å²) < 4.78 is 0. The Bertz CT molecular complexity index is 411. The summed E-state index contributed by atoms with van der Waals surface area (Å²) >= 11 is 11.7. The van der Waals surface area contributed by atoms with Crippen LogP contribution in [0.1, 0.15) is 0 Å². The van der Waals surface area contributed by atoms with Crippen LogP contribution in [0.4, 0.5) is 0 Å². The van der Waals surface area contributed by atoms with E-state index in [1.807, 2.05) is 36.4 Å². The highest BCUT2D eigenvalue weighted by Crippen LogP contribution is 2.21. The standard InChI is InChI=1S/C11H7Cl2N/c12-9-4-1-3-8(7-9)10-5-2-6-11(13)14-10/h1-7H. The van der Waals surface area contributed by atoms with Gasteiger partial charge in [0.15, 0.2) is 0 Å². The second-order valence-corrected chi connectivity index (χ2v) is 3.68. The number of aromatic nitrogens is 1. The number of hydrogen-bond acceptors (Lipinski definition) is 1. The molecule has 1 heterocycles. The lowest BCUT2D eigenvalue weighted by atomic mass is 10.1. The van der Waals surface area contributed by atoms with Gasteiger partial charge in [0.25, 0.3) is 0 Å². The highest BCUT2D eigenvalue weighted by molar-refractivity contribution is 6.31. The zero-order valence-electron chi connectivity index (χ0n) is 7.24. The lowest BCUT2D eigenvalue weighted by Gasteiger charge is -2.00. The van der Waals surface area contributed by atoms with Crippen LogP contribution in [0.15, 0.2) is 42.5 Å². The maximum absolute atomic E-state index is 5.87. The SMILES string of the molecule is Clc1cccc(-c2cccc(Cl)n2)c1. The van der Waals surface area contributed by atoms with Crippen molar-refractivity contribution < 1.29 is 0 Å². The molecule has 0 aliphatic heterocycles. The van der Waals surface area contributed by atoms with Crippen LogP contribution in [-0.2, 0) is 0 Å². The summed E-state index contributed by atoms with van der Waals surface area (Å²) in [4.78, 5) is 4.19. The number of hydrogen-bond donors (Lipinski definition) is 0. The van der Waals surface area contributed by atoms with Crippen molar-refractivity contribution in [2.75, 3.05) is 0 Å². The summed E-state index contributed by atoms with van der Waals surface area (Å²) in [5.41, 5.74) is 1.81. The van der Waals surface area contributed by atoms with Gasteiger partial charge in [-0.2, -0.15) is 0 Å². The molecule has 0 saturated heterocycles. The topological polar surface area (TPSA) is 12.9 Å². The summed E-state index contributed by atoms with van der Waals surface area (Å²) in [5, 5.41) is 1.19. The Morgan fingerprint density at radius 1 is 0.929 bits per heavy atom. The first-order chi connectivity index (χ1) is 6.75. The minimum Gasteiger partial charge on any atom is -0.236 e. The average molecular weight is 224 g/mol. The van der Waals surface area contributed by atoms with Crippen molar-refractivity contribution in [2.45, 2.75) is 0 Å². The highest BCUT2D eigenvalue weighted by atomic mass is 35.5. The van der Waals surface area contributed by atoms with E-state index >= 15 is 0 Å².